The van der Waals surface area contributed by atoms with E-state index in [1.165, 1.54) is 0 Å². The van der Waals surface area contributed by atoms with Crippen molar-refractivity contribution in [3.63, 3.8) is 0 Å². The number of carbonyl (C=O) groups is 4. The predicted octanol–water partition coefficient (Wildman–Crippen LogP) is -1.38. The van der Waals surface area contributed by atoms with Crippen molar-refractivity contribution in [2.45, 2.75) is 12.5 Å². The number of hydrogen-bond donors (Lipinski definition) is 5. The van der Waals surface area contributed by atoms with E-state index in [2.05, 4.69) is 12.6 Å². The maximum Gasteiger partial charge on any atom is 0.320 e. The van der Waals surface area contributed by atoms with E-state index in [9.17, 15) is 24.3 Å². The largest absolute Gasteiger partial charge is 0.480 e. The lowest BCUT2D eigenvalue weighted by Crippen LogP contribution is -2.48. The number of nitrogens with zero attached hydrogens (tertiary/aromatic N) is 2. The second-order valence-electron chi connectivity index (χ2n) is 4.73. The van der Waals surface area contributed by atoms with Gasteiger partial charge in [-0.05, 0) is 12.2 Å². The molecule has 0 spiro atoms. The van der Waals surface area contributed by atoms with Crippen molar-refractivity contribution in [3.8, 4) is 0 Å². The molecule has 0 radical (unpaired) electrons. The van der Waals surface area contributed by atoms with Gasteiger partial charge in [-0.1, -0.05) is 0 Å². The number of rotatable bonds is 13. The molecule has 4 N–H and O–H groups in total. The number of thiol groups is 1. The van der Waals surface area contributed by atoms with E-state index in [1.807, 2.05) is 0 Å². The Morgan fingerprint density at radius 2 is 1.30 bits per heavy atom. The Kier molecular flexibility index (Phi) is 9.94. The average molecular weight is 352 g/mol. The predicted molar refractivity (Wildman–Crippen MR) is 80.8 cm³/mol. The van der Waals surface area contributed by atoms with Gasteiger partial charge in [0.25, 0.3) is 0 Å². The van der Waals surface area contributed by atoms with E-state index < -0.39 is 49.6 Å². The molecule has 0 aliphatic heterocycles. The monoisotopic (exact) mass is 352 g/mol. The van der Waals surface area contributed by atoms with Crippen molar-refractivity contribution < 1.29 is 39.6 Å². The molecule has 0 bridgehead atoms. The lowest BCUT2D eigenvalue weighted by Gasteiger charge is -2.29. The van der Waals surface area contributed by atoms with Crippen LogP contribution in [0.3, 0.4) is 0 Å². The molecule has 0 aliphatic carbocycles. The molecule has 0 aromatic heterocycles. The van der Waals surface area contributed by atoms with Gasteiger partial charge in [0.15, 0.2) is 0 Å². The smallest absolute Gasteiger partial charge is 0.320 e. The van der Waals surface area contributed by atoms with Crippen molar-refractivity contribution in [3.05, 3.63) is 0 Å². The highest BCUT2D eigenvalue weighted by Crippen LogP contribution is 2.07. The second kappa shape index (κ2) is 10.8. The van der Waals surface area contributed by atoms with Crippen molar-refractivity contribution in [2.24, 2.45) is 0 Å². The van der Waals surface area contributed by atoms with Gasteiger partial charge in [-0.15, -0.1) is 0 Å². The molecule has 0 aromatic rings. The van der Waals surface area contributed by atoms with Crippen molar-refractivity contribution in [2.75, 3.05) is 38.5 Å². The van der Waals surface area contributed by atoms with Crippen LogP contribution in [0.1, 0.15) is 6.42 Å². The molecular formula is C12H20N2O8S. The fourth-order valence-corrected chi connectivity index (χ4v) is 2.21. The highest BCUT2D eigenvalue weighted by molar-refractivity contribution is 7.80. The van der Waals surface area contributed by atoms with Gasteiger partial charge in [-0.3, -0.25) is 29.0 Å². The molecule has 132 valence electrons. The van der Waals surface area contributed by atoms with Crippen LogP contribution in [0.15, 0.2) is 0 Å². The minimum absolute atomic E-state index is 0.0950. The van der Waals surface area contributed by atoms with Gasteiger partial charge in [-0.25, -0.2) is 0 Å². The molecule has 11 heteroatoms. The van der Waals surface area contributed by atoms with Gasteiger partial charge < -0.3 is 20.4 Å². The first kappa shape index (κ1) is 21.1. The highest BCUT2D eigenvalue weighted by Gasteiger charge is 2.27. The summed E-state index contributed by atoms with van der Waals surface area (Å²) < 4.78 is 0. The molecule has 0 saturated heterocycles. The summed E-state index contributed by atoms with van der Waals surface area (Å²) >= 11 is 3.94. The van der Waals surface area contributed by atoms with Crippen LogP contribution in [0.4, 0.5) is 0 Å². The maximum atomic E-state index is 11.2. The number of hydrogen-bond acceptors (Lipinski definition) is 7. The summed E-state index contributed by atoms with van der Waals surface area (Å²) in [7, 11) is 0. The quantitative estimate of drug-likeness (QED) is 0.250. The summed E-state index contributed by atoms with van der Waals surface area (Å²) in [5.41, 5.74) is 0. The third-order valence-electron chi connectivity index (χ3n) is 2.89. The minimum Gasteiger partial charge on any atom is -0.480 e. The molecule has 23 heavy (non-hydrogen) atoms. The van der Waals surface area contributed by atoms with E-state index in [1.54, 1.807) is 0 Å². The Hall–Kier alpha value is -1.85. The van der Waals surface area contributed by atoms with Crippen LogP contribution in [0, 0.1) is 0 Å². The molecule has 1 unspecified atom stereocenters. The Bertz CT molecular complexity index is 429. The Morgan fingerprint density at radius 3 is 1.65 bits per heavy atom. The first-order chi connectivity index (χ1) is 10.7. The first-order valence-electron chi connectivity index (χ1n) is 6.62. The summed E-state index contributed by atoms with van der Waals surface area (Å²) in [5.74, 6) is -4.70. The van der Waals surface area contributed by atoms with Crippen molar-refractivity contribution >= 4 is 36.5 Å². The number of carboxylic acids is 4. The Balaban J connectivity index is 4.96. The fourth-order valence-electron chi connectivity index (χ4n) is 1.97. The third-order valence-corrected chi connectivity index (χ3v) is 3.15. The van der Waals surface area contributed by atoms with Gasteiger partial charge in [0.1, 0.15) is 6.04 Å². The number of aliphatic carboxylic acids is 4. The van der Waals surface area contributed by atoms with Gasteiger partial charge in [-0.2, -0.15) is 12.6 Å². The van der Waals surface area contributed by atoms with Crippen LogP contribution in [-0.2, 0) is 19.2 Å². The van der Waals surface area contributed by atoms with E-state index in [0.717, 1.165) is 9.80 Å². The van der Waals surface area contributed by atoms with Crippen LogP contribution in [0.5, 0.6) is 0 Å². The summed E-state index contributed by atoms with van der Waals surface area (Å²) in [6.07, 6.45) is 0.101. The highest BCUT2D eigenvalue weighted by atomic mass is 32.1. The van der Waals surface area contributed by atoms with Crippen molar-refractivity contribution in [1.29, 1.82) is 0 Å². The molecule has 0 saturated carbocycles. The fraction of sp³-hybridized carbons (Fsp3) is 0.667. The zero-order valence-corrected chi connectivity index (χ0v) is 13.2. The van der Waals surface area contributed by atoms with Gasteiger partial charge in [0.2, 0.25) is 0 Å². The lowest BCUT2D eigenvalue weighted by molar-refractivity contribution is -0.148. The van der Waals surface area contributed by atoms with Gasteiger partial charge >= 0.3 is 23.9 Å². The van der Waals surface area contributed by atoms with Crippen molar-refractivity contribution in [1.82, 2.24) is 9.80 Å². The topological polar surface area (TPSA) is 156 Å². The van der Waals surface area contributed by atoms with Gasteiger partial charge in [0, 0.05) is 13.1 Å². The molecule has 0 rings (SSSR count). The second-order valence-corrected chi connectivity index (χ2v) is 5.18. The van der Waals surface area contributed by atoms with E-state index in [0.29, 0.717) is 0 Å². The van der Waals surface area contributed by atoms with Crippen LogP contribution >= 0.6 is 12.6 Å². The SMILES string of the molecule is O=C(O)CN(CCN(CC(=O)O)C(CCS)C(=O)O)CC(=O)O. The van der Waals surface area contributed by atoms with Crippen LogP contribution < -0.4 is 0 Å². The Labute approximate surface area is 137 Å². The van der Waals surface area contributed by atoms with E-state index in [4.69, 9.17) is 15.3 Å². The molecule has 0 amide bonds. The third kappa shape index (κ3) is 9.71. The summed E-state index contributed by atoms with van der Waals surface area (Å²) in [5, 5.41) is 35.5. The van der Waals surface area contributed by atoms with E-state index >= 15 is 0 Å². The molecular weight excluding hydrogens is 332 g/mol. The lowest BCUT2D eigenvalue weighted by atomic mass is 10.2. The average Bonchev–Trinajstić information content (AvgIpc) is 2.38. The zero-order chi connectivity index (χ0) is 18.0. The molecule has 0 fully saturated rings. The Morgan fingerprint density at radius 1 is 0.826 bits per heavy atom. The van der Waals surface area contributed by atoms with Gasteiger partial charge in [0.05, 0.1) is 19.6 Å². The van der Waals surface area contributed by atoms with Crippen LogP contribution in [-0.4, -0.2) is 98.6 Å². The zero-order valence-electron chi connectivity index (χ0n) is 12.3. The van der Waals surface area contributed by atoms with Crippen LogP contribution in [0.2, 0.25) is 0 Å². The summed E-state index contributed by atoms with van der Waals surface area (Å²) in [6, 6.07) is -1.10. The summed E-state index contributed by atoms with van der Waals surface area (Å²) in [6.45, 7) is -1.84. The van der Waals surface area contributed by atoms with E-state index in [-0.39, 0.29) is 25.3 Å². The summed E-state index contributed by atoms with van der Waals surface area (Å²) in [4.78, 5) is 45.8. The number of carboxylic acid groups (broad SMARTS) is 4. The molecule has 0 aromatic carbocycles. The normalized spacial score (nSPS) is 12.3. The first-order valence-corrected chi connectivity index (χ1v) is 7.26. The standard InChI is InChI=1S/C12H20N2O8S/c15-9(16)5-13(6-10(17)18)2-3-14(7-11(19)20)8(1-4-23)12(21)22/h8,23H,1-7H2,(H,15,16)(H,17,18)(H,19,20)(H,21,22). The van der Waals surface area contributed by atoms with Crippen LogP contribution in [0.25, 0.3) is 0 Å². The molecule has 10 nitrogen and oxygen atoms in total. The molecule has 0 heterocycles. The molecule has 0 aliphatic rings. The minimum atomic E-state index is -1.24. The molecule has 1 atom stereocenters. The maximum absolute atomic E-state index is 11.2.